The van der Waals surface area contributed by atoms with Crippen molar-refractivity contribution in [3.8, 4) is 0 Å². The molecule has 2 rings (SSSR count). The van der Waals surface area contributed by atoms with Crippen molar-refractivity contribution in [2.45, 2.75) is 45.6 Å². The molecule has 0 radical (unpaired) electrons. The molecule has 0 aromatic carbocycles. The minimum absolute atomic E-state index is 0.124. The lowest BCUT2D eigenvalue weighted by atomic mass is 9.93. The SMILES string of the molecule is CCCNC(c1ccsc1)c1nc(C(C)(C)C)cs1. The fourth-order valence-corrected chi connectivity index (χ4v) is 3.67. The third-order valence-electron chi connectivity index (χ3n) is 3.01. The number of thiophene rings is 1. The van der Waals surface area contributed by atoms with Gasteiger partial charge in [-0.25, -0.2) is 4.98 Å². The number of hydrogen-bond acceptors (Lipinski definition) is 4. The first-order chi connectivity index (χ1) is 9.02. The lowest BCUT2D eigenvalue weighted by Gasteiger charge is -2.17. The quantitative estimate of drug-likeness (QED) is 0.872. The summed E-state index contributed by atoms with van der Waals surface area (Å²) in [6.45, 7) is 9.85. The first-order valence-electron chi connectivity index (χ1n) is 6.73. The van der Waals surface area contributed by atoms with Crippen LogP contribution in [0.25, 0.3) is 0 Å². The Kier molecular flexibility index (Phi) is 4.76. The molecule has 2 nitrogen and oxygen atoms in total. The summed E-state index contributed by atoms with van der Waals surface area (Å²) in [5, 5.41) is 11.3. The lowest BCUT2D eigenvalue weighted by molar-refractivity contribution is 0.558. The van der Waals surface area contributed by atoms with Gasteiger partial charge in [-0.15, -0.1) is 11.3 Å². The van der Waals surface area contributed by atoms with Crippen LogP contribution in [0.4, 0.5) is 0 Å². The molecule has 0 fully saturated rings. The topological polar surface area (TPSA) is 24.9 Å². The highest BCUT2D eigenvalue weighted by Crippen LogP contribution is 2.30. The van der Waals surface area contributed by atoms with E-state index in [0.29, 0.717) is 0 Å². The Bertz CT molecular complexity index is 494. The second-order valence-electron chi connectivity index (χ2n) is 5.76. The molecule has 0 bridgehead atoms. The summed E-state index contributed by atoms with van der Waals surface area (Å²) in [4.78, 5) is 4.85. The van der Waals surface area contributed by atoms with E-state index in [4.69, 9.17) is 4.98 Å². The van der Waals surface area contributed by atoms with Gasteiger partial charge in [-0.1, -0.05) is 27.7 Å². The number of rotatable bonds is 5. The average molecular weight is 294 g/mol. The second-order valence-corrected chi connectivity index (χ2v) is 7.43. The van der Waals surface area contributed by atoms with Gasteiger partial charge in [0, 0.05) is 10.8 Å². The van der Waals surface area contributed by atoms with Gasteiger partial charge in [-0.2, -0.15) is 11.3 Å². The van der Waals surface area contributed by atoms with Crippen molar-refractivity contribution >= 4 is 22.7 Å². The molecule has 2 heterocycles. The molecule has 0 amide bonds. The number of nitrogens with one attached hydrogen (secondary N) is 1. The Morgan fingerprint density at radius 3 is 2.63 bits per heavy atom. The molecular weight excluding hydrogens is 272 g/mol. The van der Waals surface area contributed by atoms with Crippen LogP contribution < -0.4 is 5.32 Å². The second kappa shape index (κ2) is 6.16. The molecule has 0 saturated heterocycles. The number of hydrogen-bond donors (Lipinski definition) is 1. The van der Waals surface area contributed by atoms with Gasteiger partial charge in [0.2, 0.25) is 0 Å². The predicted molar refractivity (Wildman–Crippen MR) is 85.3 cm³/mol. The molecule has 0 aliphatic heterocycles. The van der Waals surface area contributed by atoms with Crippen LogP contribution >= 0.6 is 22.7 Å². The Morgan fingerprint density at radius 2 is 2.11 bits per heavy atom. The van der Waals surface area contributed by atoms with Gasteiger partial charge in [0.25, 0.3) is 0 Å². The van der Waals surface area contributed by atoms with Gasteiger partial charge >= 0.3 is 0 Å². The summed E-state index contributed by atoms with van der Waals surface area (Å²) in [6, 6.07) is 2.43. The summed E-state index contributed by atoms with van der Waals surface area (Å²) in [5.74, 6) is 0. The highest BCUT2D eigenvalue weighted by atomic mass is 32.1. The molecule has 0 saturated carbocycles. The van der Waals surface area contributed by atoms with E-state index in [0.717, 1.165) is 13.0 Å². The Morgan fingerprint density at radius 1 is 1.32 bits per heavy atom. The van der Waals surface area contributed by atoms with Gasteiger partial charge in [-0.05, 0) is 35.4 Å². The Labute approximate surface area is 123 Å². The lowest BCUT2D eigenvalue weighted by Crippen LogP contribution is -2.23. The molecule has 1 atom stereocenters. The van der Waals surface area contributed by atoms with Gasteiger partial charge in [0.05, 0.1) is 11.7 Å². The van der Waals surface area contributed by atoms with Crippen LogP contribution in [-0.2, 0) is 5.41 Å². The smallest absolute Gasteiger partial charge is 0.114 e. The number of nitrogens with zero attached hydrogens (tertiary/aromatic N) is 1. The maximum Gasteiger partial charge on any atom is 0.114 e. The van der Waals surface area contributed by atoms with Crippen molar-refractivity contribution < 1.29 is 0 Å². The van der Waals surface area contributed by atoms with Crippen LogP contribution in [0.15, 0.2) is 22.2 Å². The van der Waals surface area contributed by atoms with Crippen LogP contribution in [0.1, 0.15) is 56.4 Å². The summed E-state index contributed by atoms with van der Waals surface area (Å²) < 4.78 is 0. The molecule has 1 unspecified atom stereocenters. The maximum atomic E-state index is 4.85. The molecule has 2 aromatic rings. The number of aromatic nitrogens is 1. The van der Waals surface area contributed by atoms with Crippen molar-refractivity contribution in [3.05, 3.63) is 38.5 Å². The van der Waals surface area contributed by atoms with Crippen LogP contribution in [0.5, 0.6) is 0 Å². The average Bonchev–Trinajstić information content (AvgIpc) is 2.99. The van der Waals surface area contributed by atoms with Crippen LogP contribution in [0, 0.1) is 0 Å². The largest absolute Gasteiger partial charge is 0.304 e. The van der Waals surface area contributed by atoms with Crippen molar-refractivity contribution in [1.29, 1.82) is 0 Å². The van der Waals surface area contributed by atoms with E-state index in [1.165, 1.54) is 16.3 Å². The molecule has 0 aliphatic rings. The fraction of sp³-hybridized carbons (Fsp3) is 0.533. The van der Waals surface area contributed by atoms with Gasteiger partial charge < -0.3 is 5.32 Å². The van der Waals surface area contributed by atoms with E-state index in [9.17, 15) is 0 Å². The highest BCUT2D eigenvalue weighted by molar-refractivity contribution is 7.10. The van der Waals surface area contributed by atoms with Gasteiger partial charge in [-0.3, -0.25) is 0 Å². The van der Waals surface area contributed by atoms with E-state index >= 15 is 0 Å². The molecule has 0 aliphatic carbocycles. The third kappa shape index (κ3) is 3.65. The van der Waals surface area contributed by atoms with Gasteiger partial charge in [0.1, 0.15) is 5.01 Å². The van der Waals surface area contributed by atoms with Crippen molar-refractivity contribution in [2.24, 2.45) is 0 Å². The van der Waals surface area contributed by atoms with Crippen LogP contribution in [0.3, 0.4) is 0 Å². The maximum absolute atomic E-state index is 4.85. The first-order valence-corrected chi connectivity index (χ1v) is 8.56. The van der Waals surface area contributed by atoms with Gasteiger partial charge in [0.15, 0.2) is 0 Å². The molecular formula is C15H22N2S2. The minimum Gasteiger partial charge on any atom is -0.304 e. The summed E-state index contributed by atoms with van der Waals surface area (Å²) >= 11 is 3.51. The Hall–Kier alpha value is -0.710. The fourth-order valence-electron chi connectivity index (χ4n) is 1.84. The van der Waals surface area contributed by atoms with E-state index in [2.05, 4.69) is 55.2 Å². The summed E-state index contributed by atoms with van der Waals surface area (Å²) in [5.41, 5.74) is 2.64. The predicted octanol–water partition coefficient (Wildman–Crippen LogP) is 4.59. The zero-order chi connectivity index (χ0) is 13.9. The Balaban J connectivity index is 2.26. The van der Waals surface area contributed by atoms with E-state index < -0.39 is 0 Å². The van der Waals surface area contributed by atoms with Crippen LogP contribution in [-0.4, -0.2) is 11.5 Å². The number of thiazole rings is 1. The third-order valence-corrected chi connectivity index (χ3v) is 4.62. The molecule has 2 aromatic heterocycles. The minimum atomic E-state index is 0.124. The molecule has 4 heteroatoms. The normalized spacial score (nSPS) is 13.7. The standard InChI is InChI=1S/C15H22N2S2/c1-5-7-16-13(11-6-8-18-9-11)14-17-12(10-19-14)15(2,3)4/h6,8-10,13,16H,5,7H2,1-4H3. The van der Waals surface area contributed by atoms with Crippen LogP contribution in [0.2, 0.25) is 0 Å². The zero-order valence-electron chi connectivity index (χ0n) is 12.1. The van der Waals surface area contributed by atoms with E-state index in [-0.39, 0.29) is 11.5 Å². The molecule has 104 valence electrons. The first kappa shape index (κ1) is 14.7. The molecule has 19 heavy (non-hydrogen) atoms. The zero-order valence-corrected chi connectivity index (χ0v) is 13.7. The van der Waals surface area contributed by atoms with Crippen molar-refractivity contribution in [2.75, 3.05) is 6.54 Å². The van der Waals surface area contributed by atoms with E-state index in [1.807, 2.05) is 0 Å². The molecule has 1 N–H and O–H groups in total. The summed E-state index contributed by atoms with van der Waals surface area (Å²) in [7, 11) is 0. The summed E-state index contributed by atoms with van der Waals surface area (Å²) in [6.07, 6.45) is 1.14. The van der Waals surface area contributed by atoms with E-state index in [1.54, 1.807) is 22.7 Å². The van der Waals surface area contributed by atoms with Crippen molar-refractivity contribution in [1.82, 2.24) is 10.3 Å². The monoisotopic (exact) mass is 294 g/mol. The van der Waals surface area contributed by atoms with Crippen molar-refractivity contribution in [3.63, 3.8) is 0 Å². The highest BCUT2D eigenvalue weighted by Gasteiger charge is 2.22. The molecule has 0 spiro atoms.